The van der Waals surface area contributed by atoms with Crippen LogP contribution in [0.1, 0.15) is 31.4 Å². The molecule has 1 rings (SSSR count). The molecule has 0 saturated carbocycles. The van der Waals surface area contributed by atoms with Crippen molar-refractivity contribution in [2.45, 2.75) is 39.2 Å². The van der Waals surface area contributed by atoms with Gasteiger partial charge in [0.25, 0.3) is 0 Å². The van der Waals surface area contributed by atoms with Crippen LogP contribution in [0.4, 0.5) is 10.5 Å². The summed E-state index contributed by atoms with van der Waals surface area (Å²) in [4.78, 5) is 22.9. The fourth-order valence-corrected chi connectivity index (χ4v) is 2.10. The fraction of sp³-hybridized carbons (Fsp3) is 0.467. The standard InChI is InChI=1S/C15H22N2O4/c1-3-10-6-5-7-11(4-2)13(10)17-15(21)16-12(8-9-18)14(19)20/h5-7,12,18H,3-4,8-9H2,1-2H3,(H,19,20)(H2,16,17,21). The number of carboxylic acid groups (broad SMARTS) is 1. The SMILES string of the molecule is CCc1cccc(CC)c1NC(=O)NC(CCO)C(=O)O. The lowest BCUT2D eigenvalue weighted by Crippen LogP contribution is -2.43. The summed E-state index contributed by atoms with van der Waals surface area (Å²) in [6, 6.07) is 4.11. The van der Waals surface area contributed by atoms with Crippen molar-refractivity contribution in [3.05, 3.63) is 29.3 Å². The van der Waals surface area contributed by atoms with Crippen LogP contribution in [0.15, 0.2) is 18.2 Å². The van der Waals surface area contributed by atoms with Gasteiger partial charge in [-0.25, -0.2) is 9.59 Å². The number of anilines is 1. The number of amides is 2. The monoisotopic (exact) mass is 294 g/mol. The van der Waals surface area contributed by atoms with Crippen LogP contribution >= 0.6 is 0 Å². The minimum atomic E-state index is -1.17. The van der Waals surface area contributed by atoms with Gasteiger partial charge in [0.05, 0.1) is 0 Å². The minimum Gasteiger partial charge on any atom is -0.480 e. The van der Waals surface area contributed by atoms with Gasteiger partial charge in [0, 0.05) is 18.7 Å². The van der Waals surface area contributed by atoms with E-state index in [1.165, 1.54) is 0 Å². The van der Waals surface area contributed by atoms with Gasteiger partial charge in [0.15, 0.2) is 0 Å². The molecule has 0 aliphatic rings. The molecule has 21 heavy (non-hydrogen) atoms. The Kier molecular flexibility index (Phi) is 6.68. The summed E-state index contributed by atoms with van der Waals surface area (Å²) in [6.45, 7) is 3.68. The first-order valence-electron chi connectivity index (χ1n) is 7.05. The van der Waals surface area contributed by atoms with Crippen LogP contribution in [0.25, 0.3) is 0 Å². The maximum atomic E-state index is 12.0. The Morgan fingerprint density at radius 3 is 2.19 bits per heavy atom. The molecule has 1 aromatic carbocycles. The molecule has 1 aromatic rings. The fourth-order valence-electron chi connectivity index (χ4n) is 2.10. The second kappa shape index (κ2) is 8.26. The highest BCUT2D eigenvalue weighted by atomic mass is 16.4. The van der Waals surface area contributed by atoms with E-state index in [0.717, 1.165) is 29.7 Å². The summed E-state index contributed by atoms with van der Waals surface area (Å²) < 4.78 is 0. The molecule has 6 nitrogen and oxygen atoms in total. The number of rotatable bonds is 7. The largest absolute Gasteiger partial charge is 0.480 e. The third kappa shape index (κ3) is 4.75. The van der Waals surface area contributed by atoms with Crippen molar-refractivity contribution in [3.63, 3.8) is 0 Å². The van der Waals surface area contributed by atoms with Crippen LogP contribution in [0.3, 0.4) is 0 Å². The third-order valence-electron chi connectivity index (χ3n) is 3.26. The van der Waals surface area contributed by atoms with Crippen LogP contribution in [0.5, 0.6) is 0 Å². The Hall–Kier alpha value is -2.08. The molecular weight excluding hydrogens is 272 g/mol. The Balaban J connectivity index is 2.85. The van der Waals surface area contributed by atoms with E-state index in [2.05, 4.69) is 10.6 Å². The third-order valence-corrected chi connectivity index (χ3v) is 3.26. The number of carbonyl (C=O) groups excluding carboxylic acids is 1. The summed E-state index contributed by atoms with van der Waals surface area (Å²) in [5, 5.41) is 22.9. The van der Waals surface area contributed by atoms with Gasteiger partial charge in [-0.15, -0.1) is 0 Å². The first-order valence-corrected chi connectivity index (χ1v) is 7.05. The summed E-state index contributed by atoms with van der Waals surface area (Å²) >= 11 is 0. The smallest absolute Gasteiger partial charge is 0.326 e. The summed E-state index contributed by atoms with van der Waals surface area (Å²) in [6.07, 6.45) is 1.50. The Morgan fingerprint density at radius 1 is 1.19 bits per heavy atom. The van der Waals surface area contributed by atoms with Crippen LogP contribution in [0, 0.1) is 0 Å². The number of aryl methyl sites for hydroxylation is 2. The maximum absolute atomic E-state index is 12.0. The summed E-state index contributed by atoms with van der Waals surface area (Å²) in [5.41, 5.74) is 2.73. The number of urea groups is 1. The molecule has 6 heteroatoms. The normalized spacial score (nSPS) is 11.8. The molecule has 0 bridgehead atoms. The molecule has 0 aromatic heterocycles. The summed E-state index contributed by atoms with van der Waals surface area (Å²) in [5.74, 6) is -1.17. The van der Waals surface area contributed by atoms with Crippen molar-refractivity contribution in [2.75, 3.05) is 11.9 Å². The van der Waals surface area contributed by atoms with E-state index in [0.29, 0.717) is 0 Å². The summed E-state index contributed by atoms with van der Waals surface area (Å²) in [7, 11) is 0. The molecule has 4 N–H and O–H groups in total. The van der Waals surface area contributed by atoms with Crippen LogP contribution in [0.2, 0.25) is 0 Å². The Morgan fingerprint density at radius 2 is 1.76 bits per heavy atom. The van der Waals surface area contributed by atoms with E-state index in [4.69, 9.17) is 10.2 Å². The molecular formula is C15H22N2O4. The lowest BCUT2D eigenvalue weighted by Gasteiger charge is -2.17. The number of carbonyl (C=O) groups is 2. The van der Waals surface area contributed by atoms with Crippen molar-refractivity contribution in [1.82, 2.24) is 5.32 Å². The first kappa shape index (κ1) is 17.0. The van der Waals surface area contributed by atoms with Gasteiger partial charge in [0.1, 0.15) is 6.04 Å². The second-order valence-corrected chi connectivity index (χ2v) is 4.66. The number of carboxylic acids is 1. The Bertz CT molecular complexity index is 480. The molecule has 0 aliphatic carbocycles. The molecule has 1 unspecified atom stereocenters. The van der Waals surface area contributed by atoms with E-state index in [1.807, 2.05) is 32.0 Å². The molecule has 0 saturated heterocycles. The van der Waals surface area contributed by atoms with E-state index < -0.39 is 18.0 Å². The molecule has 0 fully saturated rings. The number of aliphatic carboxylic acids is 1. The number of hydrogen-bond acceptors (Lipinski definition) is 3. The zero-order chi connectivity index (χ0) is 15.8. The predicted octanol–water partition coefficient (Wildman–Crippen LogP) is 1.77. The number of benzene rings is 1. The van der Waals surface area contributed by atoms with Crippen molar-refractivity contribution in [1.29, 1.82) is 0 Å². The number of para-hydroxylation sites is 1. The van der Waals surface area contributed by atoms with Gasteiger partial charge in [-0.2, -0.15) is 0 Å². The molecule has 0 aliphatic heterocycles. The highest BCUT2D eigenvalue weighted by molar-refractivity contribution is 5.93. The van der Waals surface area contributed by atoms with Gasteiger partial charge in [0.2, 0.25) is 0 Å². The van der Waals surface area contributed by atoms with Gasteiger partial charge in [-0.05, 0) is 24.0 Å². The average Bonchev–Trinajstić information content (AvgIpc) is 2.46. The van der Waals surface area contributed by atoms with Crippen molar-refractivity contribution in [3.8, 4) is 0 Å². The molecule has 0 radical (unpaired) electrons. The second-order valence-electron chi connectivity index (χ2n) is 4.66. The molecule has 116 valence electrons. The number of aliphatic hydroxyl groups is 1. The zero-order valence-corrected chi connectivity index (χ0v) is 12.3. The number of nitrogens with one attached hydrogen (secondary N) is 2. The van der Waals surface area contributed by atoms with Crippen LogP contribution < -0.4 is 10.6 Å². The van der Waals surface area contributed by atoms with Gasteiger partial charge < -0.3 is 20.8 Å². The zero-order valence-electron chi connectivity index (χ0n) is 12.3. The van der Waals surface area contributed by atoms with Crippen molar-refractivity contribution in [2.24, 2.45) is 0 Å². The number of hydrogen-bond donors (Lipinski definition) is 4. The van der Waals surface area contributed by atoms with E-state index in [1.54, 1.807) is 0 Å². The van der Waals surface area contributed by atoms with Crippen molar-refractivity contribution < 1.29 is 19.8 Å². The van der Waals surface area contributed by atoms with Crippen LogP contribution in [-0.2, 0) is 17.6 Å². The highest BCUT2D eigenvalue weighted by Crippen LogP contribution is 2.22. The lowest BCUT2D eigenvalue weighted by atomic mass is 10.0. The van der Waals surface area contributed by atoms with E-state index in [-0.39, 0.29) is 13.0 Å². The molecule has 0 spiro atoms. The molecule has 0 heterocycles. The predicted molar refractivity (Wildman–Crippen MR) is 80.5 cm³/mol. The quantitative estimate of drug-likeness (QED) is 0.616. The molecule has 1 atom stereocenters. The number of aliphatic hydroxyl groups excluding tert-OH is 1. The minimum absolute atomic E-state index is 0.0290. The highest BCUT2D eigenvalue weighted by Gasteiger charge is 2.20. The van der Waals surface area contributed by atoms with E-state index >= 15 is 0 Å². The average molecular weight is 294 g/mol. The van der Waals surface area contributed by atoms with Crippen LogP contribution in [-0.4, -0.2) is 34.9 Å². The maximum Gasteiger partial charge on any atom is 0.326 e. The van der Waals surface area contributed by atoms with Crippen molar-refractivity contribution >= 4 is 17.7 Å². The van der Waals surface area contributed by atoms with Gasteiger partial charge >= 0.3 is 12.0 Å². The topological polar surface area (TPSA) is 98.7 Å². The van der Waals surface area contributed by atoms with Gasteiger partial charge in [-0.1, -0.05) is 32.0 Å². The lowest BCUT2D eigenvalue weighted by molar-refractivity contribution is -0.139. The Labute approximate surface area is 124 Å². The van der Waals surface area contributed by atoms with Gasteiger partial charge in [-0.3, -0.25) is 0 Å². The molecule has 2 amide bonds. The first-order chi connectivity index (χ1) is 10.0. The van der Waals surface area contributed by atoms with E-state index in [9.17, 15) is 9.59 Å².